The molecule has 2 aliphatic rings. The van der Waals surface area contributed by atoms with Crippen molar-refractivity contribution in [1.82, 2.24) is 14.5 Å². The van der Waals surface area contributed by atoms with Gasteiger partial charge in [0.1, 0.15) is 24.3 Å². The van der Waals surface area contributed by atoms with Crippen LogP contribution in [-0.4, -0.2) is 52.6 Å². The molecule has 1 atom stereocenters. The number of hydrogen-bond donors (Lipinski definition) is 0. The van der Waals surface area contributed by atoms with E-state index in [1.165, 1.54) is 0 Å². The van der Waals surface area contributed by atoms with Gasteiger partial charge in [-0.1, -0.05) is 12.1 Å². The number of ether oxygens (including phenoxy) is 2. The highest BCUT2D eigenvalue weighted by Gasteiger charge is 2.25. The number of fused-ring (bicyclic) bond motifs is 1. The van der Waals surface area contributed by atoms with Crippen molar-refractivity contribution >= 4 is 5.78 Å². The number of nitrogens with zero attached hydrogens (tertiary/aromatic N) is 3. The molecule has 2 heterocycles. The number of aromatic nitrogens is 2. The molecule has 25 heavy (non-hydrogen) atoms. The fourth-order valence-corrected chi connectivity index (χ4v) is 3.55. The number of aryl methyl sites for hydroxylation is 1. The van der Waals surface area contributed by atoms with E-state index in [0.717, 1.165) is 48.8 Å². The Morgan fingerprint density at radius 2 is 2.28 bits per heavy atom. The van der Waals surface area contributed by atoms with Gasteiger partial charge in [0.15, 0.2) is 5.78 Å². The van der Waals surface area contributed by atoms with Crippen LogP contribution in [0.1, 0.15) is 28.2 Å². The van der Waals surface area contributed by atoms with E-state index in [4.69, 9.17) is 9.47 Å². The number of morpholine rings is 1. The molecular formula is C19H23N3O3. The summed E-state index contributed by atoms with van der Waals surface area (Å²) in [5.41, 5.74) is 1.87. The quantitative estimate of drug-likeness (QED) is 0.830. The van der Waals surface area contributed by atoms with Crippen LogP contribution in [0.5, 0.6) is 5.75 Å². The summed E-state index contributed by atoms with van der Waals surface area (Å²) >= 11 is 0. The number of hydrogen-bond acceptors (Lipinski definition) is 5. The maximum atomic E-state index is 11.9. The Labute approximate surface area is 147 Å². The lowest BCUT2D eigenvalue weighted by atomic mass is 10.1. The smallest absolute Gasteiger partial charge is 0.163 e. The molecule has 6 nitrogen and oxygen atoms in total. The van der Waals surface area contributed by atoms with Crippen LogP contribution in [0.25, 0.3) is 0 Å². The summed E-state index contributed by atoms with van der Waals surface area (Å²) < 4.78 is 13.9. The van der Waals surface area contributed by atoms with Gasteiger partial charge in [0.25, 0.3) is 0 Å². The molecule has 1 aromatic heterocycles. The van der Waals surface area contributed by atoms with Gasteiger partial charge in [0.2, 0.25) is 0 Å². The van der Waals surface area contributed by atoms with Crippen molar-refractivity contribution in [2.75, 3.05) is 26.3 Å². The molecule has 1 aliphatic heterocycles. The molecule has 132 valence electrons. The molecular weight excluding hydrogens is 318 g/mol. The fourth-order valence-electron chi connectivity index (χ4n) is 3.55. The molecule has 0 spiro atoms. The summed E-state index contributed by atoms with van der Waals surface area (Å²) in [6.07, 6.45) is 5.19. The molecule has 1 saturated heterocycles. The zero-order valence-electron chi connectivity index (χ0n) is 14.5. The Hall–Kier alpha value is -2.18. The zero-order valence-corrected chi connectivity index (χ0v) is 14.5. The van der Waals surface area contributed by atoms with Crippen LogP contribution in [0.3, 0.4) is 0 Å². The van der Waals surface area contributed by atoms with E-state index in [2.05, 4.69) is 9.88 Å². The predicted molar refractivity (Wildman–Crippen MR) is 92.8 cm³/mol. The van der Waals surface area contributed by atoms with E-state index in [1.54, 1.807) is 0 Å². The molecule has 2 aromatic rings. The van der Waals surface area contributed by atoms with Crippen LogP contribution in [0.4, 0.5) is 0 Å². The van der Waals surface area contributed by atoms with E-state index >= 15 is 0 Å². The van der Waals surface area contributed by atoms with E-state index in [-0.39, 0.29) is 11.9 Å². The molecule has 1 fully saturated rings. The molecule has 4 rings (SSSR count). The maximum absolute atomic E-state index is 11.9. The van der Waals surface area contributed by atoms with Crippen LogP contribution < -0.4 is 4.74 Å². The SMILES string of the molecule is Cn1ccnc1CN1CCOC(COc2cccc3c2CCC3=O)C1. The molecule has 0 bridgehead atoms. The largest absolute Gasteiger partial charge is 0.491 e. The van der Waals surface area contributed by atoms with Crippen molar-refractivity contribution in [3.8, 4) is 5.75 Å². The second-order valence-corrected chi connectivity index (χ2v) is 6.70. The van der Waals surface area contributed by atoms with Gasteiger partial charge in [-0.05, 0) is 12.5 Å². The Morgan fingerprint density at radius 3 is 3.12 bits per heavy atom. The lowest BCUT2D eigenvalue weighted by molar-refractivity contribution is -0.0513. The van der Waals surface area contributed by atoms with Crippen LogP contribution >= 0.6 is 0 Å². The first-order valence-corrected chi connectivity index (χ1v) is 8.79. The first kappa shape index (κ1) is 16.3. The molecule has 0 N–H and O–H groups in total. The Balaban J connectivity index is 1.36. The summed E-state index contributed by atoms with van der Waals surface area (Å²) in [6, 6.07) is 5.74. The monoisotopic (exact) mass is 341 g/mol. The van der Waals surface area contributed by atoms with Gasteiger partial charge in [-0.25, -0.2) is 4.98 Å². The zero-order chi connectivity index (χ0) is 17.2. The summed E-state index contributed by atoms with van der Waals surface area (Å²) in [5.74, 6) is 2.10. The minimum Gasteiger partial charge on any atom is -0.491 e. The van der Waals surface area contributed by atoms with E-state index in [1.807, 2.05) is 42.2 Å². The number of ketones is 1. The van der Waals surface area contributed by atoms with Gasteiger partial charge in [0, 0.05) is 50.1 Å². The van der Waals surface area contributed by atoms with E-state index < -0.39 is 0 Å². The number of carbonyl (C=O) groups is 1. The van der Waals surface area contributed by atoms with Gasteiger partial charge in [0.05, 0.1) is 13.2 Å². The van der Waals surface area contributed by atoms with Crippen molar-refractivity contribution in [3.05, 3.63) is 47.5 Å². The number of benzene rings is 1. The minimum atomic E-state index is 0.0296. The molecule has 0 amide bonds. The normalized spacial score (nSPS) is 20.7. The van der Waals surface area contributed by atoms with Gasteiger partial charge >= 0.3 is 0 Å². The molecule has 0 saturated carbocycles. The number of Topliss-reactive ketones (excluding diaryl/α,β-unsaturated/α-hetero) is 1. The average Bonchev–Trinajstić information content (AvgIpc) is 3.20. The molecule has 1 aromatic carbocycles. The third-order valence-electron chi connectivity index (χ3n) is 4.97. The standard InChI is InChI=1S/C19H23N3O3/c1-21-8-7-20-19(21)12-22-9-10-24-14(11-22)13-25-18-4-2-3-15-16(18)5-6-17(15)23/h2-4,7-8,14H,5-6,9-13H2,1H3. The first-order valence-electron chi connectivity index (χ1n) is 8.79. The van der Waals surface area contributed by atoms with Crippen LogP contribution in [-0.2, 0) is 24.8 Å². The third kappa shape index (κ3) is 3.45. The predicted octanol–water partition coefficient (Wildman–Crippen LogP) is 1.83. The molecule has 1 aliphatic carbocycles. The van der Waals surface area contributed by atoms with E-state index in [0.29, 0.717) is 19.6 Å². The van der Waals surface area contributed by atoms with Gasteiger partial charge in [-0.3, -0.25) is 9.69 Å². The number of imidazole rings is 1. The Morgan fingerprint density at radius 1 is 1.36 bits per heavy atom. The van der Waals surface area contributed by atoms with Crippen molar-refractivity contribution < 1.29 is 14.3 Å². The van der Waals surface area contributed by atoms with Crippen LogP contribution in [0, 0.1) is 0 Å². The summed E-state index contributed by atoms with van der Waals surface area (Å²) in [6.45, 7) is 3.74. The Bertz CT molecular complexity index is 771. The van der Waals surface area contributed by atoms with Crippen molar-refractivity contribution in [3.63, 3.8) is 0 Å². The lowest BCUT2D eigenvalue weighted by Gasteiger charge is -2.32. The van der Waals surface area contributed by atoms with Gasteiger partial charge < -0.3 is 14.0 Å². The minimum absolute atomic E-state index is 0.0296. The Kier molecular flexibility index (Phi) is 4.55. The second-order valence-electron chi connectivity index (χ2n) is 6.70. The highest BCUT2D eigenvalue weighted by atomic mass is 16.5. The molecule has 0 radical (unpaired) electrons. The highest BCUT2D eigenvalue weighted by Crippen LogP contribution is 2.30. The van der Waals surface area contributed by atoms with E-state index in [9.17, 15) is 4.79 Å². The van der Waals surface area contributed by atoms with Crippen LogP contribution in [0.15, 0.2) is 30.6 Å². The van der Waals surface area contributed by atoms with Crippen molar-refractivity contribution in [2.45, 2.75) is 25.5 Å². The molecule has 1 unspecified atom stereocenters. The lowest BCUT2D eigenvalue weighted by Crippen LogP contribution is -2.44. The maximum Gasteiger partial charge on any atom is 0.163 e. The molecule has 6 heteroatoms. The van der Waals surface area contributed by atoms with Gasteiger partial charge in [-0.15, -0.1) is 0 Å². The highest BCUT2D eigenvalue weighted by molar-refractivity contribution is 6.01. The topological polar surface area (TPSA) is 56.6 Å². The fraction of sp³-hybridized carbons (Fsp3) is 0.474. The van der Waals surface area contributed by atoms with Crippen molar-refractivity contribution in [1.29, 1.82) is 0 Å². The summed E-state index contributed by atoms with van der Waals surface area (Å²) in [5, 5.41) is 0. The van der Waals surface area contributed by atoms with Crippen molar-refractivity contribution in [2.24, 2.45) is 7.05 Å². The van der Waals surface area contributed by atoms with Gasteiger partial charge in [-0.2, -0.15) is 0 Å². The summed E-state index contributed by atoms with van der Waals surface area (Å²) in [7, 11) is 2.01. The summed E-state index contributed by atoms with van der Waals surface area (Å²) in [4.78, 5) is 18.6. The first-order chi connectivity index (χ1) is 12.2. The van der Waals surface area contributed by atoms with Crippen LogP contribution in [0.2, 0.25) is 0 Å². The second kappa shape index (κ2) is 6.98. The number of carbonyl (C=O) groups excluding carboxylic acids is 1. The number of rotatable bonds is 5. The third-order valence-corrected chi connectivity index (χ3v) is 4.97. The average molecular weight is 341 g/mol.